The molecule has 0 saturated heterocycles. The second kappa shape index (κ2) is 6.78. The monoisotopic (exact) mass is 372 g/mol. The molecule has 23 heavy (non-hydrogen) atoms. The number of hydrogen-bond donors (Lipinski definition) is 1. The van der Waals surface area contributed by atoms with Crippen molar-refractivity contribution in [2.45, 2.75) is 4.90 Å². The predicted molar refractivity (Wildman–Crippen MR) is 91.7 cm³/mol. The molecule has 0 aliphatic rings. The average molecular weight is 373 g/mol. The number of rotatable bonds is 4. The molecule has 0 spiro atoms. The predicted octanol–water partition coefficient (Wildman–Crippen LogP) is 3.50. The van der Waals surface area contributed by atoms with Crippen LogP contribution in [-0.2, 0) is 10.0 Å². The van der Waals surface area contributed by atoms with Gasteiger partial charge in [-0.05, 0) is 42.5 Å². The number of sulfonamides is 1. The van der Waals surface area contributed by atoms with Crippen LogP contribution in [0.4, 0.5) is 5.69 Å². The van der Waals surface area contributed by atoms with Gasteiger partial charge >= 0.3 is 0 Å². The molecule has 122 valence electrons. The van der Waals surface area contributed by atoms with Gasteiger partial charge in [-0.15, -0.1) is 0 Å². The Labute approximate surface area is 144 Å². The Hall–Kier alpha value is -1.76. The van der Waals surface area contributed by atoms with Crippen molar-refractivity contribution in [2.75, 3.05) is 18.8 Å². The first-order chi connectivity index (χ1) is 10.7. The molecule has 5 nitrogen and oxygen atoms in total. The number of nitrogens with one attached hydrogen (secondary N) is 1. The molecule has 0 aliphatic carbocycles. The summed E-state index contributed by atoms with van der Waals surface area (Å²) < 4.78 is 27.1. The maximum absolute atomic E-state index is 12.3. The molecule has 1 amide bonds. The molecule has 2 rings (SSSR count). The van der Waals surface area contributed by atoms with Crippen molar-refractivity contribution >= 4 is 44.8 Å². The van der Waals surface area contributed by atoms with Crippen molar-refractivity contribution in [1.82, 2.24) is 4.90 Å². The minimum atomic E-state index is -3.78. The lowest BCUT2D eigenvalue weighted by molar-refractivity contribution is 0.0827. The van der Waals surface area contributed by atoms with Crippen LogP contribution in [0.5, 0.6) is 0 Å². The summed E-state index contributed by atoms with van der Waals surface area (Å²) in [5.41, 5.74) is 0.705. The molecule has 0 fully saturated rings. The highest BCUT2D eigenvalue weighted by Crippen LogP contribution is 2.26. The van der Waals surface area contributed by atoms with E-state index in [0.717, 1.165) is 0 Å². The fraction of sp³-hybridized carbons (Fsp3) is 0.133. The molecule has 0 bridgehead atoms. The molecule has 2 aromatic rings. The van der Waals surface area contributed by atoms with E-state index in [9.17, 15) is 13.2 Å². The summed E-state index contributed by atoms with van der Waals surface area (Å²) in [4.78, 5) is 13.3. The Bertz CT molecular complexity index is 834. The Morgan fingerprint density at radius 3 is 2.13 bits per heavy atom. The number of carbonyl (C=O) groups excluding carboxylic acids is 1. The number of halogens is 2. The summed E-state index contributed by atoms with van der Waals surface area (Å²) in [5.74, 6) is -0.202. The van der Waals surface area contributed by atoms with E-state index in [-0.39, 0.29) is 15.8 Å². The normalized spacial score (nSPS) is 11.1. The number of amides is 1. The molecule has 1 N–H and O–H groups in total. The highest BCUT2D eigenvalue weighted by atomic mass is 35.5. The van der Waals surface area contributed by atoms with Gasteiger partial charge in [-0.2, -0.15) is 0 Å². The van der Waals surface area contributed by atoms with E-state index >= 15 is 0 Å². The van der Waals surface area contributed by atoms with E-state index < -0.39 is 10.0 Å². The van der Waals surface area contributed by atoms with Gasteiger partial charge in [0.15, 0.2) is 0 Å². The largest absolute Gasteiger partial charge is 0.345 e. The molecule has 0 aliphatic heterocycles. The van der Waals surface area contributed by atoms with Crippen LogP contribution in [0.25, 0.3) is 0 Å². The lowest BCUT2D eigenvalue weighted by atomic mass is 10.2. The van der Waals surface area contributed by atoms with E-state index in [0.29, 0.717) is 16.3 Å². The summed E-state index contributed by atoms with van der Waals surface area (Å²) in [6.07, 6.45) is 0. The van der Waals surface area contributed by atoms with Gasteiger partial charge < -0.3 is 4.90 Å². The van der Waals surface area contributed by atoms with Gasteiger partial charge in [-0.25, -0.2) is 8.42 Å². The minimum Gasteiger partial charge on any atom is -0.345 e. The van der Waals surface area contributed by atoms with Gasteiger partial charge in [0.05, 0.1) is 20.6 Å². The van der Waals surface area contributed by atoms with Gasteiger partial charge in [0.1, 0.15) is 0 Å². The summed E-state index contributed by atoms with van der Waals surface area (Å²) in [5, 5.41) is 0.583. The fourth-order valence-electron chi connectivity index (χ4n) is 1.81. The van der Waals surface area contributed by atoms with Gasteiger partial charge in [-0.1, -0.05) is 23.2 Å². The molecule has 0 aromatic heterocycles. The van der Waals surface area contributed by atoms with Gasteiger partial charge in [0.25, 0.3) is 15.9 Å². The first-order valence-corrected chi connectivity index (χ1v) is 8.74. The molecule has 0 atom stereocenters. The van der Waals surface area contributed by atoms with Crippen molar-refractivity contribution < 1.29 is 13.2 Å². The maximum Gasteiger partial charge on any atom is 0.261 e. The van der Waals surface area contributed by atoms with Crippen molar-refractivity contribution in [3.63, 3.8) is 0 Å². The Morgan fingerprint density at radius 2 is 1.61 bits per heavy atom. The Balaban J connectivity index is 2.25. The SMILES string of the molecule is CN(C)C(=O)c1ccc(S(=O)(=O)Nc2ccc(Cl)c(Cl)c2)cc1. The summed E-state index contributed by atoms with van der Waals surface area (Å²) in [6.45, 7) is 0. The van der Waals surface area contributed by atoms with E-state index in [2.05, 4.69) is 4.72 Å². The highest BCUT2D eigenvalue weighted by molar-refractivity contribution is 7.92. The van der Waals surface area contributed by atoms with Crippen LogP contribution in [0.2, 0.25) is 10.0 Å². The van der Waals surface area contributed by atoms with Gasteiger partial charge in [0, 0.05) is 19.7 Å². The van der Waals surface area contributed by atoms with Crippen LogP contribution in [0.3, 0.4) is 0 Å². The average Bonchev–Trinajstić information content (AvgIpc) is 2.50. The standard InChI is InChI=1S/C15H14Cl2N2O3S/c1-19(2)15(20)10-3-6-12(7-4-10)23(21,22)18-11-5-8-13(16)14(17)9-11/h3-9,18H,1-2H3. The number of anilines is 1. The first-order valence-electron chi connectivity index (χ1n) is 6.50. The molecule has 8 heteroatoms. The van der Waals surface area contributed by atoms with Crippen molar-refractivity contribution in [3.05, 3.63) is 58.1 Å². The smallest absolute Gasteiger partial charge is 0.261 e. The third-order valence-electron chi connectivity index (χ3n) is 2.99. The molecule has 0 saturated carbocycles. The van der Waals surface area contributed by atoms with E-state index in [1.54, 1.807) is 14.1 Å². The van der Waals surface area contributed by atoms with Gasteiger partial charge in [0.2, 0.25) is 0 Å². The van der Waals surface area contributed by atoms with Crippen molar-refractivity contribution in [1.29, 1.82) is 0 Å². The Kier molecular flexibility index (Phi) is 5.19. The number of hydrogen-bond acceptors (Lipinski definition) is 3. The van der Waals surface area contributed by atoms with Crippen LogP contribution in [-0.4, -0.2) is 33.3 Å². The second-order valence-electron chi connectivity index (χ2n) is 4.96. The van der Waals surface area contributed by atoms with Crippen LogP contribution >= 0.6 is 23.2 Å². The molecular weight excluding hydrogens is 359 g/mol. The van der Waals surface area contributed by atoms with Crippen molar-refractivity contribution in [3.8, 4) is 0 Å². The third-order valence-corrected chi connectivity index (χ3v) is 5.13. The lowest BCUT2D eigenvalue weighted by Crippen LogP contribution is -2.21. The number of benzene rings is 2. The fourth-order valence-corrected chi connectivity index (χ4v) is 3.16. The molecule has 2 aromatic carbocycles. The summed E-state index contributed by atoms with van der Waals surface area (Å²) in [6, 6.07) is 10.1. The Morgan fingerprint density at radius 1 is 1.00 bits per heavy atom. The second-order valence-corrected chi connectivity index (χ2v) is 7.46. The van der Waals surface area contributed by atoms with Crippen LogP contribution < -0.4 is 4.72 Å². The molecular formula is C15H14Cl2N2O3S. The zero-order valence-electron chi connectivity index (χ0n) is 12.4. The van der Waals surface area contributed by atoms with E-state index in [4.69, 9.17) is 23.2 Å². The number of carbonyl (C=O) groups is 1. The summed E-state index contributed by atoms with van der Waals surface area (Å²) >= 11 is 11.7. The zero-order chi connectivity index (χ0) is 17.2. The highest BCUT2D eigenvalue weighted by Gasteiger charge is 2.16. The van der Waals surface area contributed by atoms with Crippen LogP contribution in [0, 0.1) is 0 Å². The number of nitrogens with zero attached hydrogens (tertiary/aromatic N) is 1. The maximum atomic E-state index is 12.3. The third kappa shape index (κ3) is 4.16. The molecule has 0 unspecified atom stereocenters. The van der Waals surface area contributed by atoms with Crippen molar-refractivity contribution in [2.24, 2.45) is 0 Å². The minimum absolute atomic E-state index is 0.0406. The molecule has 0 radical (unpaired) electrons. The van der Waals surface area contributed by atoms with Crippen LogP contribution in [0.15, 0.2) is 47.4 Å². The summed E-state index contributed by atoms with van der Waals surface area (Å²) in [7, 11) is -0.535. The van der Waals surface area contributed by atoms with E-state index in [1.165, 1.54) is 47.4 Å². The topological polar surface area (TPSA) is 66.5 Å². The lowest BCUT2D eigenvalue weighted by Gasteiger charge is -2.12. The first kappa shape index (κ1) is 17.6. The quantitative estimate of drug-likeness (QED) is 0.892. The van der Waals surface area contributed by atoms with Gasteiger partial charge in [-0.3, -0.25) is 9.52 Å². The zero-order valence-corrected chi connectivity index (χ0v) is 14.7. The van der Waals surface area contributed by atoms with Crippen LogP contribution in [0.1, 0.15) is 10.4 Å². The van der Waals surface area contributed by atoms with E-state index in [1.807, 2.05) is 0 Å². The molecule has 0 heterocycles.